The van der Waals surface area contributed by atoms with Crippen molar-refractivity contribution in [2.24, 2.45) is 0 Å². The molecule has 0 bridgehead atoms. The topological polar surface area (TPSA) is 56.8 Å². The Kier molecular flexibility index (Phi) is 6.85. The first-order chi connectivity index (χ1) is 15.2. The Balaban J connectivity index is 1.27. The van der Waals surface area contributed by atoms with Crippen LogP contribution in [0.5, 0.6) is 11.5 Å². The van der Waals surface area contributed by atoms with Gasteiger partial charge >= 0.3 is 0 Å². The van der Waals surface area contributed by atoms with Gasteiger partial charge in [-0.3, -0.25) is 4.79 Å². The minimum atomic E-state index is -0.627. The van der Waals surface area contributed by atoms with Crippen LogP contribution in [0.3, 0.4) is 0 Å². The highest BCUT2D eigenvalue weighted by Crippen LogP contribution is 2.23. The second-order valence-electron chi connectivity index (χ2n) is 7.61. The summed E-state index contributed by atoms with van der Waals surface area (Å²) in [5.41, 5.74) is 2.94. The summed E-state index contributed by atoms with van der Waals surface area (Å²) in [6, 6.07) is 25.2. The Morgan fingerprint density at radius 2 is 1.65 bits per heavy atom. The summed E-state index contributed by atoms with van der Waals surface area (Å²) < 4.78 is 17.1. The van der Waals surface area contributed by atoms with Gasteiger partial charge in [0.15, 0.2) is 6.10 Å². The monoisotopic (exact) mass is 417 g/mol. The quantitative estimate of drug-likeness (QED) is 0.539. The molecule has 1 aliphatic rings. The maximum Gasteiger partial charge on any atom is 0.265 e. The molecule has 3 aromatic carbocycles. The number of hydrogen-bond acceptors (Lipinski definition) is 4. The van der Waals surface area contributed by atoms with Gasteiger partial charge in [-0.2, -0.15) is 0 Å². The van der Waals surface area contributed by atoms with E-state index in [-0.39, 0.29) is 12.0 Å². The van der Waals surface area contributed by atoms with E-state index in [1.54, 1.807) is 6.92 Å². The van der Waals surface area contributed by atoms with Crippen molar-refractivity contribution in [3.63, 3.8) is 0 Å². The van der Waals surface area contributed by atoms with Gasteiger partial charge < -0.3 is 19.5 Å². The number of benzene rings is 3. The fourth-order valence-electron chi connectivity index (χ4n) is 3.46. The Hall–Kier alpha value is -3.31. The third kappa shape index (κ3) is 5.86. The van der Waals surface area contributed by atoms with Crippen molar-refractivity contribution < 1.29 is 19.0 Å². The van der Waals surface area contributed by atoms with Crippen molar-refractivity contribution in [3.8, 4) is 22.6 Å². The number of hydrogen-bond donors (Lipinski definition) is 1. The number of amides is 1. The van der Waals surface area contributed by atoms with Crippen molar-refractivity contribution in [1.82, 2.24) is 0 Å². The number of anilines is 1. The van der Waals surface area contributed by atoms with Crippen LogP contribution in [0.15, 0.2) is 78.9 Å². The molecule has 0 aromatic heterocycles. The van der Waals surface area contributed by atoms with Crippen LogP contribution in [-0.2, 0) is 9.53 Å². The molecular formula is C26H27NO4. The molecule has 1 fully saturated rings. The van der Waals surface area contributed by atoms with Crippen molar-refractivity contribution in [1.29, 1.82) is 0 Å². The number of rotatable bonds is 8. The van der Waals surface area contributed by atoms with E-state index in [4.69, 9.17) is 14.2 Å². The molecule has 0 aliphatic carbocycles. The molecule has 5 nitrogen and oxygen atoms in total. The predicted molar refractivity (Wildman–Crippen MR) is 122 cm³/mol. The lowest BCUT2D eigenvalue weighted by molar-refractivity contribution is -0.122. The van der Waals surface area contributed by atoms with Crippen molar-refractivity contribution in [2.45, 2.75) is 32.0 Å². The maximum absolute atomic E-state index is 12.5. The van der Waals surface area contributed by atoms with Crippen molar-refractivity contribution >= 4 is 11.6 Å². The highest BCUT2D eigenvalue weighted by Gasteiger charge is 2.17. The summed E-state index contributed by atoms with van der Waals surface area (Å²) in [5.74, 6) is 1.21. The zero-order chi connectivity index (χ0) is 21.5. The van der Waals surface area contributed by atoms with Crippen LogP contribution in [0, 0.1) is 0 Å². The number of nitrogens with one attached hydrogen (secondary N) is 1. The third-order valence-corrected chi connectivity index (χ3v) is 5.23. The molecule has 0 spiro atoms. The molecule has 1 aliphatic heterocycles. The van der Waals surface area contributed by atoms with Gasteiger partial charge in [-0.1, -0.05) is 42.5 Å². The highest BCUT2D eigenvalue weighted by molar-refractivity contribution is 5.94. The fourth-order valence-corrected chi connectivity index (χ4v) is 3.46. The second-order valence-corrected chi connectivity index (χ2v) is 7.61. The summed E-state index contributed by atoms with van der Waals surface area (Å²) in [4.78, 5) is 12.5. The molecule has 1 N–H and O–H groups in total. The first kappa shape index (κ1) is 20.9. The van der Waals surface area contributed by atoms with E-state index in [0.29, 0.717) is 18.0 Å². The molecule has 1 amide bonds. The Bertz CT molecular complexity index is 965. The lowest BCUT2D eigenvalue weighted by atomic mass is 10.1. The molecule has 0 unspecified atom stereocenters. The summed E-state index contributed by atoms with van der Waals surface area (Å²) in [6.07, 6.45) is 1.69. The van der Waals surface area contributed by atoms with E-state index < -0.39 is 6.10 Å². The molecule has 4 rings (SSSR count). The van der Waals surface area contributed by atoms with Gasteiger partial charge in [0, 0.05) is 12.3 Å². The highest BCUT2D eigenvalue weighted by atomic mass is 16.5. The number of ether oxygens (including phenoxy) is 3. The molecule has 1 saturated heterocycles. The Labute approximate surface area is 183 Å². The van der Waals surface area contributed by atoms with Crippen LogP contribution >= 0.6 is 0 Å². The van der Waals surface area contributed by atoms with Gasteiger partial charge in [0.2, 0.25) is 0 Å². The largest absolute Gasteiger partial charge is 0.491 e. The maximum atomic E-state index is 12.5. The molecule has 3 aromatic rings. The van der Waals surface area contributed by atoms with E-state index in [2.05, 4.69) is 17.4 Å². The van der Waals surface area contributed by atoms with Crippen LogP contribution in [0.2, 0.25) is 0 Å². The van der Waals surface area contributed by atoms with E-state index in [1.165, 1.54) is 0 Å². The predicted octanol–water partition coefficient (Wildman–Crippen LogP) is 5.32. The number of carbonyl (C=O) groups is 1. The van der Waals surface area contributed by atoms with Crippen molar-refractivity contribution in [2.75, 3.05) is 18.5 Å². The molecular weight excluding hydrogens is 390 g/mol. The lowest BCUT2D eigenvalue weighted by Gasteiger charge is -2.16. The Morgan fingerprint density at radius 1 is 0.968 bits per heavy atom. The van der Waals surface area contributed by atoms with E-state index in [1.807, 2.05) is 66.7 Å². The first-order valence-corrected chi connectivity index (χ1v) is 10.6. The van der Waals surface area contributed by atoms with Gasteiger partial charge in [0.1, 0.15) is 18.1 Å². The van der Waals surface area contributed by atoms with E-state index in [9.17, 15) is 4.79 Å². The summed E-state index contributed by atoms with van der Waals surface area (Å²) in [5, 5.41) is 2.88. The van der Waals surface area contributed by atoms with E-state index in [0.717, 1.165) is 36.3 Å². The van der Waals surface area contributed by atoms with Crippen LogP contribution < -0.4 is 14.8 Å². The average Bonchev–Trinajstić information content (AvgIpc) is 3.33. The molecule has 5 heteroatoms. The van der Waals surface area contributed by atoms with Crippen LogP contribution in [0.25, 0.3) is 11.1 Å². The van der Waals surface area contributed by atoms with Crippen LogP contribution in [0.4, 0.5) is 5.69 Å². The minimum Gasteiger partial charge on any atom is -0.491 e. The smallest absolute Gasteiger partial charge is 0.265 e. The summed E-state index contributed by atoms with van der Waals surface area (Å²) in [6.45, 7) is 3.11. The lowest BCUT2D eigenvalue weighted by Crippen LogP contribution is -2.30. The first-order valence-electron chi connectivity index (χ1n) is 10.6. The van der Waals surface area contributed by atoms with Gasteiger partial charge in [0.05, 0.1) is 6.10 Å². The Morgan fingerprint density at radius 3 is 2.32 bits per heavy atom. The number of carbonyl (C=O) groups excluding carboxylic acids is 1. The van der Waals surface area contributed by atoms with Crippen LogP contribution in [0.1, 0.15) is 19.8 Å². The van der Waals surface area contributed by atoms with Gasteiger partial charge in [-0.25, -0.2) is 0 Å². The normalized spacial score (nSPS) is 16.5. The molecule has 31 heavy (non-hydrogen) atoms. The average molecular weight is 418 g/mol. The minimum absolute atomic E-state index is 0.180. The van der Waals surface area contributed by atoms with Crippen LogP contribution in [-0.4, -0.2) is 31.3 Å². The third-order valence-electron chi connectivity index (χ3n) is 5.23. The van der Waals surface area contributed by atoms with E-state index >= 15 is 0 Å². The van der Waals surface area contributed by atoms with Gasteiger partial charge in [-0.15, -0.1) is 0 Å². The van der Waals surface area contributed by atoms with Crippen molar-refractivity contribution in [3.05, 3.63) is 78.9 Å². The molecule has 0 radical (unpaired) electrons. The molecule has 0 saturated carbocycles. The standard InChI is InChI=1S/C26H27NO4/c1-19(31-24-13-9-21(10-14-24)20-6-3-2-4-7-20)26(28)27-22-11-15-23(16-12-22)30-18-25-8-5-17-29-25/h2-4,6-7,9-16,19,25H,5,8,17-18H2,1H3,(H,27,28)/t19-,25-/m0/s1. The molecule has 160 valence electrons. The summed E-state index contributed by atoms with van der Waals surface area (Å²) in [7, 11) is 0. The SMILES string of the molecule is C[C@H](Oc1ccc(-c2ccccc2)cc1)C(=O)Nc1ccc(OC[C@@H]2CCCO2)cc1. The second kappa shape index (κ2) is 10.1. The van der Waals surface area contributed by atoms with Gasteiger partial charge in [0.25, 0.3) is 5.91 Å². The molecule has 2 atom stereocenters. The fraction of sp³-hybridized carbons (Fsp3) is 0.269. The van der Waals surface area contributed by atoms with Gasteiger partial charge in [-0.05, 0) is 67.3 Å². The molecule has 1 heterocycles. The zero-order valence-corrected chi connectivity index (χ0v) is 17.6. The summed E-state index contributed by atoms with van der Waals surface area (Å²) >= 11 is 0. The zero-order valence-electron chi connectivity index (χ0n) is 17.6.